The molecule has 162 valence electrons. The van der Waals surface area contributed by atoms with Crippen molar-refractivity contribution in [3.05, 3.63) is 47.5 Å². The molecule has 1 aliphatic rings. The normalized spacial score (nSPS) is 16.1. The summed E-state index contributed by atoms with van der Waals surface area (Å²) in [6.07, 6.45) is 0.0333. The summed E-state index contributed by atoms with van der Waals surface area (Å²) in [5.41, 5.74) is 1.93. The van der Waals surface area contributed by atoms with Crippen LogP contribution in [-0.4, -0.2) is 64.5 Å². The van der Waals surface area contributed by atoms with Crippen LogP contribution < -0.4 is 18.9 Å². The third-order valence-electron chi connectivity index (χ3n) is 5.08. The molecule has 2 aromatic carbocycles. The molecule has 1 saturated heterocycles. The molecule has 1 fully saturated rings. The van der Waals surface area contributed by atoms with Crippen LogP contribution in [-0.2, 0) is 16.0 Å². The predicted octanol–water partition coefficient (Wildman–Crippen LogP) is 2.87. The monoisotopic (exact) mass is 415 g/mol. The van der Waals surface area contributed by atoms with Gasteiger partial charge in [0.15, 0.2) is 11.5 Å². The van der Waals surface area contributed by atoms with Crippen molar-refractivity contribution in [1.29, 1.82) is 0 Å². The fourth-order valence-electron chi connectivity index (χ4n) is 3.45. The average molecular weight is 415 g/mol. The Labute approximate surface area is 177 Å². The molecule has 0 aliphatic carbocycles. The van der Waals surface area contributed by atoms with E-state index in [9.17, 15) is 4.79 Å². The number of hydrogen-bond donors (Lipinski definition) is 0. The molecule has 0 radical (unpaired) electrons. The van der Waals surface area contributed by atoms with Crippen LogP contribution in [0.3, 0.4) is 0 Å². The minimum absolute atomic E-state index is 0.00385. The van der Waals surface area contributed by atoms with Crippen LogP contribution in [0.25, 0.3) is 0 Å². The van der Waals surface area contributed by atoms with E-state index >= 15 is 0 Å². The molecule has 1 aliphatic heterocycles. The van der Waals surface area contributed by atoms with Crippen LogP contribution in [0, 0.1) is 6.92 Å². The minimum atomic E-state index is -0.170. The summed E-state index contributed by atoms with van der Waals surface area (Å²) in [5.74, 6) is 2.35. The van der Waals surface area contributed by atoms with Gasteiger partial charge in [-0.3, -0.25) is 4.79 Å². The number of benzene rings is 2. The molecule has 30 heavy (non-hydrogen) atoms. The zero-order chi connectivity index (χ0) is 21.5. The van der Waals surface area contributed by atoms with E-state index < -0.39 is 0 Å². The quantitative estimate of drug-likeness (QED) is 0.661. The number of nitrogens with zero attached hydrogens (tertiary/aromatic N) is 1. The molecule has 3 rings (SSSR count). The van der Waals surface area contributed by atoms with Crippen molar-refractivity contribution in [3.63, 3.8) is 0 Å². The molecule has 1 atom stereocenters. The van der Waals surface area contributed by atoms with Gasteiger partial charge in [-0.1, -0.05) is 23.8 Å². The van der Waals surface area contributed by atoms with Crippen LogP contribution in [0.1, 0.15) is 11.1 Å². The Bertz CT molecular complexity index is 852. The minimum Gasteiger partial charge on any atom is -0.493 e. The van der Waals surface area contributed by atoms with Crippen LogP contribution in [0.2, 0.25) is 0 Å². The van der Waals surface area contributed by atoms with Crippen molar-refractivity contribution in [2.45, 2.75) is 19.4 Å². The highest BCUT2D eigenvalue weighted by molar-refractivity contribution is 5.80. The lowest BCUT2D eigenvalue weighted by Gasteiger charge is -2.33. The predicted molar refractivity (Wildman–Crippen MR) is 113 cm³/mol. The second-order valence-corrected chi connectivity index (χ2v) is 7.13. The molecule has 0 spiro atoms. The molecule has 1 heterocycles. The standard InChI is InChI=1S/C23H29NO6/c1-16-5-8-18(9-6-16)30-15-19-14-24(11-12-29-19)21(25)13-17-7-10-20(26-2)23(28-4)22(17)27-3/h5-10,19H,11-15H2,1-4H3/t19-/m0/s1. The van der Waals surface area contributed by atoms with E-state index in [4.69, 9.17) is 23.7 Å². The van der Waals surface area contributed by atoms with Gasteiger partial charge >= 0.3 is 0 Å². The second-order valence-electron chi connectivity index (χ2n) is 7.13. The Balaban J connectivity index is 1.62. The molecule has 7 heteroatoms. The molecule has 0 N–H and O–H groups in total. The van der Waals surface area contributed by atoms with Gasteiger partial charge in [0.25, 0.3) is 0 Å². The summed E-state index contributed by atoms with van der Waals surface area (Å²) in [4.78, 5) is 14.8. The number of methoxy groups -OCH3 is 3. The first-order valence-electron chi connectivity index (χ1n) is 9.92. The van der Waals surface area contributed by atoms with E-state index in [0.717, 1.165) is 11.3 Å². The second kappa shape index (κ2) is 10.2. The summed E-state index contributed by atoms with van der Waals surface area (Å²) in [6, 6.07) is 11.5. The maximum Gasteiger partial charge on any atom is 0.227 e. The summed E-state index contributed by atoms with van der Waals surface area (Å²) in [7, 11) is 4.67. The van der Waals surface area contributed by atoms with Crippen LogP contribution in [0.15, 0.2) is 36.4 Å². The number of ether oxygens (including phenoxy) is 5. The largest absolute Gasteiger partial charge is 0.493 e. The lowest BCUT2D eigenvalue weighted by Crippen LogP contribution is -2.48. The molecule has 0 saturated carbocycles. The fourth-order valence-corrected chi connectivity index (χ4v) is 3.45. The first kappa shape index (κ1) is 21.8. The van der Waals surface area contributed by atoms with Gasteiger partial charge in [0, 0.05) is 12.1 Å². The highest BCUT2D eigenvalue weighted by Crippen LogP contribution is 2.40. The molecule has 0 unspecified atom stereocenters. The van der Waals surface area contributed by atoms with Gasteiger partial charge in [-0.25, -0.2) is 0 Å². The lowest BCUT2D eigenvalue weighted by molar-refractivity contribution is -0.139. The van der Waals surface area contributed by atoms with Crippen molar-refractivity contribution in [2.75, 3.05) is 47.6 Å². The van der Waals surface area contributed by atoms with E-state index in [1.165, 1.54) is 5.56 Å². The number of amides is 1. The first-order valence-corrected chi connectivity index (χ1v) is 9.92. The van der Waals surface area contributed by atoms with Gasteiger partial charge < -0.3 is 28.6 Å². The molecule has 0 bridgehead atoms. The van der Waals surface area contributed by atoms with Crippen LogP contribution in [0.4, 0.5) is 0 Å². The van der Waals surface area contributed by atoms with E-state index in [1.54, 1.807) is 27.4 Å². The summed E-state index contributed by atoms with van der Waals surface area (Å²) in [5, 5.41) is 0. The fraction of sp³-hybridized carbons (Fsp3) is 0.435. The average Bonchev–Trinajstić information content (AvgIpc) is 2.78. The number of hydrogen-bond acceptors (Lipinski definition) is 6. The number of morpholine rings is 1. The SMILES string of the molecule is COc1ccc(CC(=O)N2CCO[C@H](COc3ccc(C)cc3)C2)c(OC)c1OC. The Morgan fingerprint density at radius 1 is 1.03 bits per heavy atom. The first-order chi connectivity index (χ1) is 14.5. The van der Waals surface area contributed by atoms with E-state index in [1.807, 2.05) is 42.2 Å². The van der Waals surface area contributed by atoms with Crippen molar-refractivity contribution in [3.8, 4) is 23.0 Å². The lowest BCUT2D eigenvalue weighted by atomic mass is 10.1. The van der Waals surface area contributed by atoms with E-state index in [0.29, 0.717) is 43.6 Å². The van der Waals surface area contributed by atoms with Crippen LogP contribution in [0.5, 0.6) is 23.0 Å². The number of aryl methyl sites for hydroxylation is 1. The summed E-state index contributed by atoms with van der Waals surface area (Å²) >= 11 is 0. The zero-order valence-corrected chi connectivity index (χ0v) is 18.0. The van der Waals surface area contributed by atoms with E-state index in [2.05, 4.69) is 0 Å². The Kier molecular flexibility index (Phi) is 7.41. The van der Waals surface area contributed by atoms with Gasteiger partial charge in [0.05, 0.1) is 40.9 Å². The Hall–Kier alpha value is -2.93. The molecular formula is C23H29NO6. The molecule has 0 aromatic heterocycles. The highest BCUT2D eigenvalue weighted by Gasteiger charge is 2.26. The highest BCUT2D eigenvalue weighted by atomic mass is 16.5. The van der Waals surface area contributed by atoms with Crippen molar-refractivity contribution >= 4 is 5.91 Å². The Morgan fingerprint density at radius 2 is 1.77 bits per heavy atom. The zero-order valence-electron chi connectivity index (χ0n) is 18.0. The van der Waals surface area contributed by atoms with E-state index in [-0.39, 0.29) is 18.4 Å². The third kappa shape index (κ3) is 5.16. The molecule has 2 aromatic rings. The van der Waals surface area contributed by atoms with Crippen molar-refractivity contribution < 1.29 is 28.5 Å². The van der Waals surface area contributed by atoms with Gasteiger partial charge in [0.2, 0.25) is 11.7 Å². The molecular weight excluding hydrogens is 386 g/mol. The van der Waals surface area contributed by atoms with Gasteiger partial charge in [0.1, 0.15) is 18.5 Å². The van der Waals surface area contributed by atoms with Crippen molar-refractivity contribution in [2.24, 2.45) is 0 Å². The maximum absolute atomic E-state index is 12.9. The number of carbonyl (C=O) groups excluding carboxylic acids is 1. The van der Waals surface area contributed by atoms with Gasteiger partial charge in [-0.15, -0.1) is 0 Å². The smallest absolute Gasteiger partial charge is 0.227 e. The third-order valence-corrected chi connectivity index (χ3v) is 5.08. The topological polar surface area (TPSA) is 66.5 Å². The number of rotatable bonds is 8. The Morgan fingerprint density at radius 3 is 2.43 bits per heavy atom. The van der Waals surface area contributed by atoms with Crippen molar-refractivity contribution in [1.82, 2.24) is 4.90 Å². The molecule has 7 nitrogen and oxygen atoms in total. The summed E-state index contributed by atoms with van der Waals surface area (Å²) < 4.78 is 27.8. The number of carbonyl (C=O) groups is 1. The molecule has 1 amide bonds. The van der Waals surface area contributed by atoms with Gasteiger partial charge in [-0.2, -0.15) is 0 Å². The van der Waals surface area contributed by atoms with Gasteiger partial charge in [-0.05, 0) is 25.1 Å². The maximum atomic E-state index is 12.9. The van der Waals surface area contributed by atoms with Crippen LogP contribution >= 0.6 is 0 Å². The summed E-state index contributed by atoms with van der Waals surface area (Å²) in [6.45, 7) is 3.95.